The highest BCUT2D eigenvalue weighted by Gasteiger charge is 2.16. The van der Waals surface area contributed by atoms with E-state index in [0.717, 1.165) is 16.9 Å². The van der Waals surface area contributed by atoms with Gasteiger partial charge < -0.3 is 15.7 Å². The van der Waals surface area contributed by atoms with Crippen molar-refractivity contribution >= 4 is 11.4 Å². The second kappa shape index (κ2) is 4.11. The Hall–Kier alpha value is -1.22. The molecule has 0 saturated heterocycles. The molecule has 1 aromatic carbocycles. The van der Waals surface area contributed by atoms with E-state index in [1.54, 1.807) is 13.8 Å². The lowest BCUT2D eigenvalue weighted by atomic mass is 10.1. The van der Waals surface area contributed by atoms with Crippen LogP contribution in [0.3, 0.4) is 0 Å². The number of aliphatic hydroxyl groups is 1. The molecule has 3 N–H and O–H groups in total. The van der Waals surface area contributed by atoms with Gasteiger partial charge in [0.15, 0.2) is 0 Å². The lowest BCUT2D eigenvalue weighted by Crippen LogP contribution is -2.36. The maximum Gasteiger partial charge on any atom is 0.0765 e. The summed E-state index contributed by atoms with van der Waals surface area (Å²) < 4.78 is 0. The van der Waals surface area contributed by atoms with Gasteiger partial charge in [-0.3, -0.25) is 0 Å². The normalized spacial score (nSPS) is 11.5. The molecule has 0 atom stereocenters. The van der Waals surface area contributed by atoms with Crippen LogP contribution in [0.15, 0.2) is 18.2 Å². The minimum atomic E-state index is -0.692. The van der Waals surface area contributed by atoms with Gasteiger partial charge in [-0.05, 0) is 44.5 Å². The van der Waals surface area contributed by atoms with Gasteiger partial charge in [-0.25, -0.2) is 0 Å². The van der Waals surface area contributed by atoms with Crippen molar-refractivity contribution in [3.8, 4) is 0 Å². The third-order valence-electron chi connectivity index (χ3n) is 2.26. The SMILES string of the molecule is Cc1cc(N)ccc1N(C)CC(C)(C)O. The van der Waals surface area contributed by atoms with E-state index in [2.05, 4.69) is 0 Å². The molecule has 0 radical (unpaired) electrons. The fourth-order valence-corrected chi connectivity index (χ4v) is 1.77. The van der Waals surface area contributed by atoms with E-state index in [1.807, 2.05) is 37.1 Å². The molecule has 0 aromatic heterocycles. The van der Waals surface area contributed by atoms with Crippen molar-refractivity contribution in [1.82, 2.24) is 0 Å². The zero-order valence-electron chi connectivity index (χ0n) is 9.91. The lowest BCUT2D eigenvalue weighted by molar-refractivity contribution is 0.0886. The van der Waals surface area contributed by atoms with Crippen molar-refractivity contribution in [2.75, 3.05) is 24.2 Å². The number of aryl methyl sites for hydroxylation is 1. The van der Waals surface area contributed by atoms with Crippen LogP contribution in [0.5, 0.6) is 0 Å². The van der Waals surface area contributed by atoms with Crippen molar-refractivity contribution in [1.29, 1.82) is 0 Å². The Morgan fingerprint density at radius 2 is 2.00 bits per heavy atom. The van der Waals surface area contributed by atoms with E-state index in [-0.39, 0.29) is 0 Å². The summed E-state index contributed by atoms with van der Waals surface area (Å²) in [5.41, 5.74) is 8.00. The molecule has 0 saturated carbocycles. The first-order valence-electron chi connectivity index (χ1n) is 5.09. The molecule has 0 aliphatic carbocycles. The quantitative estimate of drug-likeness (QED) is 0.744. The molecule has 84 valence electrons. The minimum absolute atomic E-state index is 0.595. The lowest BCUT2D eigenvalue weighted by Gasteiger charge is -2.28. The summed E-state index contributed by atoms with van der Waals surface area (Å²) in [6, 6.07) is 5.80. The molecule has 0 fully saturated rings. The van der Waals surface area contributed by atoms with Gasteiger partial charge in [0.05, 0.1) is 5.60 Å². The number of nitrogens with two attached hydrogens (primary N) is 1. The van der Waals surface area contributed by atoms with Crippen molar-refractivity contribution in [3.05, 3.63) is 23.8 Å². The Bertz CT molecular complexity index is 342. The van der Waals surface area contributed by atoms with Crippen LogP contribution in [-0.2, 0) is 0 Å². The Labute approximate surface area is 91.5 Å². The molecule has 0 unspecified atom stereocenters. The highest BCUT2D eigenvalue weighted by Crippen LogP contribution is 2.22. The average Bonchev–Trinajstić information content (AvgIpc) is 1.99. The molecule has 15 heavy (non-hydrogen) atoms. The van der Waals surface area contributed by atoms with E-state index < -0.39 is 5.60 Å². The third-order valence-corrected chi connectivity index (χ3v) is 2.26. The van der Waals surface area contributed by atoms with Crippen LogP contribution < -0.4 is 10.6 Å². The van der Waals surface area contributed by atoms with Crippen molar-refractivity contribution in [2.45, 2.75) is 26.4 Å². The minimum Gasteiger partial charge on any atom is -0.399 e. The van der Waals surface area contributed by atoms with Crippen molar-refractivity contribution in [2.24, 2.45) is 0 Å². The first-order valence-corrected chi connectivity index (χ1v) is 5.09. The number of rotatable bonds is 3. The largest absolute Gasteiger partial charge is 0.399 e. The van der Waals surface area contributed by atoms with Gasteiger partial charge in [-0.2, -0.15) is 0 Å². The molecule has 0 heterocycles. The van der Waals surface area contributed by atoms with E-state index in [1.165, 1.54) is 0 Å². The molecule has 1 aromatic rings. The number of nitrogen functional groups attached to an aromatic ring is 1. The molecular weight excluding hydrogens is 188 g/mol. The predicted octanol–water partition coefficient (Wildman–Crippen LogP) is 1.78. The summed E-state index contributed by atoms with van der Waals surface area (Å²) in [5.74, 6) is 0. The number of benzene rings is 1. The smallest absolute Gasteiger partial charge is 0.0765 e. The standard InChI is InChI=1S/C12H20N2O/c1-9-7-10(13)5-6-11(9)14(4)8-12(2,3)15/h5-7,15H,8,13H2,1-4H3. The molecule has 0 aliphatic heterocycles. The molecule has 3 nitrogen and oxygen atoms in total. The molecule has 0 bridgehead atoms. The van der Waals surface area contributed by atoms with Crippen LogP contribution in [0.2, 0.25) is 0 Å². The van der Waals surface area contributed by atoms with Gasteiger partial charge in [-0.1, -0.05) is 0 Å². The van der Waals surface area contributed by atoms with Crippen LogP contribution in [-0.4, -0.2) is 24.3 Å². The van der Waals surface area contributed by atoms with Crippen LogP contribution in [0.1, 0.15) is 19.4 Å². The van der Waals surface area contributed by atoms with Gasteiger partial charge in [0, 0.05) is 25.0 Å². The molecule has 0 spiro atoms. The molecule has 0 amide bonds. The second-order valence-corrected chi connectivity index (χ2v) is 4.71. The molecular formula is C12H20N2O. The number of likely N-dealkylation sites (N-methyl/N-ethyl adjacent to an activating group) is 1. The Balaban J connectivity index is 2.87. The number of hydrogen-bond acceptors (Lipinski definition) is 3. The summed E-state index contributed by atoms with van der Waals surface area (Å²) in [4.78, 5) is 2.04. The summed E-state index contributed by atoms with van der Waals surface area (Å²) in [6.45, 7) is 6.22. The van der Waals surface area contributed by atoms with Gasteiger partial charge in [0.1, 0.15) is 0 Å². The highest BCUT2D eigenvalue weighted by atomic mass is 16.3. The van der Waals surface area contributed by atoms with Gasteiger partial charge in [0.25, 0.3) is 0 Å². The van der Waals surface area contributed by atoms with E-state index in [9.17, 15) is 5.11 Å². The second-order valence-electron chi connectivity index (χ2n) is 4.71. The summed E-state index contributed by atoms with van der Waals surface area (Å²) in [6.07, 6.45) is 0. The molecule has 1 rings (SSSR count). The average molecular weight is 208 g/mol. The fraction of sp³-hybridized carbons (Fsp3) is 0.500. The molecule has 0 aliphatic rings. The van der Waals surface area contributed by atoms with Crippen LogP contribution in [0.4, 0.5) is 11.4 Å². The topological polar surface area (TPSA) is 49.5 Å². The zero-order chi connectivity index (χ0) is 11.6. The first kappa shape index (κ1) is 11.9. The zero-order valence-corrected chi connectivity index (χ0v) is 9.91. The van der Waals surface area contributed by atoms with E-state index in [4.69, 9.17) is 5.73 Å². The van der Waals surface area contributed by atoms with Gasteiger partial charge >= 0.3 is 0 Å². The van der Waals surface area contributed by atoms with Gasteiger partial charge in [-0.15, -0.1) is 0 Å². The van der Waals surface area contributed by atoms with Crippen LogP contribution in [0.25, 0.3) is 0 Å². The summed E-state index contributed by atoms with van der Waals surface area (Å²) in [5, 5.41) is 9.73. The Kier molecular flexibility index (Phi) is 3.25. The van der Waals surface area contributed by atoms with Crippen LogP contribution >= 0.6 is 0 Å². The van der Waals surface area contributed by atoms with E-state index in [0.29, 0.717) is 6.54 Å². The summed E-state index contributed by atoms with van der Waals surface area (Å²) >= 11 is 0. The first-order chi connectivity index (χ1) is 6.79. The fourth-order valence-electron chi connectivity index (χ4n) is 1.77. The van der Waals surface area contributed by atoms with E-state index >= 15 is 0 Å². The molecule has 3 heteroatoms. The number of hydrogen-bond donors (Lipinski definition) is 2. The van der Waals surface area contributed by atoms with Crippen molar-refractivity contribution < 1.29 is 5.11 Å². The van der Waals surface area contributed by atoms with Gasteiger partial charge in [0.2, 0.25) is 0 Å². The Morgan fingerprint density at radius 3 is 2.47 bits per heavy atom. The third kappa shape index (κ3) is 3.44. The maximum absolute atomic E-state index is 9.73. The predicted molar refractivity (Wildman–Crippen MR) is 65.2 cm³/mol. The highest BCUT2D eigenvalue weighted by molar-refractivity contribution is 5.58. The monoisotopic (exact) mass is 208 g/mol. The number of nitrogens with zero attached hydrogens (tertiary/aromatic N) is 1. The number of anilines is 2. The summed E-state index contributed by atoms with van der Waals surface area (Å²) in [7, 11) is 1.97. The van der Waals surface area contributed by atoms with Crippen molar-refractivity contribution in [3.63, 3.8) is 0 Å². The maximum atomic E-state index is 9.73. The van der Waals surface area contributed by atoms with Crippen LogP contribution in [0, 0.1) is 6.92 Å². The Morgan fingerprint density at radius 1 is 1.40 bits per heavy atom.